The van der Waals surface area contributed by atoms with Crippen molar-refractivity contribution in [3.63, 3.8) is 0 Å². The number of hydrogen-bond acceptors (Lipinski definition) is 7. The van der Waals surface area contributed by atoms with Crippen LogP contribution in [-0.2, 0) is 19.6 Å². The molecule has 9 nitrogen and oxygen atoms in total. The van der Waals surface area contributed by atoms with Crippen LogP contribution in [0.5, 0.6) is 0 Å². The van der Waals surface area contributed by atoms with Gasteiger partial charge >= 0.3 is 12.2 Å². The van der Waals surface area contributed by atoms with Gasteiger partial charge in [0.15, 0.2) is 0 Å². The van der Waals surface area contributed by atoms with Gasteiger partial charge in [-0.3, -0.25) is 0 Å². The van der Waals surface area contributed by atoms with E-state index in [1.807, 2.05) is 0 Å². The molecule has 0 saturated carbocycles. The molecule has 10 heteroatoms. The lowest BCUT2D eigenvalue weighted by Gasteiger charge is -2.24. The van der Waals surface area contributed by atoms with E-state index in [4.69, 9.17) is 9.47 Å². The van der Waals surface area contributed by atoms with Gasteiger partial charge in [-0.1, -0.05) is 0 Å². The quantitative estimate of drug-likeness (QED) is 0.475. The number of nitrogens with one attached hydrogen (secondary N) is 2. The molecule has 2 amide bonds. The van der Waals surface area contributed by atoms with Crippen LogP contribution in [0.25, 0.3) is 0 Å². The average Bonchev–Trinajstić information content (AvgIpc) is 2.35. The molecule has 0 aliphatic rings. The third-order valence-corrected chi connectivity index (χ3v) is 3.57. The highest BCUT2D eigenvalue weighted by Crippen LogP contribution is 2.10. The Morgan fingerprint density at radius 3 is 1.92 bits per heavy atom. The molecule has 1 atom stereocenters. The van der Waals surface area contributed by atoms with Gasteiger partial charge in [0.2, 0.25) is 0 Å². The predicted molar refractivity (Wildman–Crippen MR) is 95.8 cm³/mol. The molecule has 2 N–H and O–H groups in total. The average molecular weight is 395 g/mol. The van der Waals surface area contributed by atoms with Crippen molar-refractivity contribution in [3.05, 3.63) is 0 Å². The normalized spacial score (nSPS) is 13.7. The van der Waals surface area contributed by atoms with Crippen LogP contribution in [0, 0.1) is 0 Å². The van der Waals surface area contributed by atoms with Gasteiger partial charge in [-0.05, 0) is 60.8 Å². The second-order valence-corrected chi connectivity index (χ2v) is 9.49. The molecule has 0 bridgehead atoms. The molecule has 0 saturated heterocycles. The van der Waals surface area contributed by atoms with Crippen molar-refractivity contribution in [1.29, 1.82) is 0 Å². The summed E-state index contributed by atoms with van der Waals surface area (Å²) in [6, 6.07) is -0.561. The Morgan fingerprint density at radius 2 is 1.46 bits per heavy atom. The Morgan fingerprint density at radius 1 is 0.962 bits per heavy atom. The fourth-order valence-corrected chi connectivity index (χ4v) is 2.48. The van der Waals surface area contributed by atoms with Crippen molar-refractivity contribution in [2.75, 3.05) is 12.3 Å². The van der Waals surface area contributed by atoms with Crippen molar-refractivity contribution in [2.45, 2.75) is 78.0 Å². The summed E-state index contributed by atoms with van der Waals surface area (Å²) in [5, 5.41) is 5.14. The van der Waals surface area contributed by atoms with Crippen molar-refractivity contribution in [3.8, 4) is 0 Å². The lowest BCUT2D eigenvalue weighted by Crippen LogP contribution is -2.40. The van der Waals surface area contributed by atoms with Crippen LogP contribution in [0.15, 0.2) is 0 Å². The monoisotopic (exact) mass is 395 g/mol. The third kappa shape index (κ3) is 15.9. The number of alkyl carbamates (subject to hydrolysis) is 2. The van der Waals surface area contributed by atoms with E-state index in [1.54, 1.807) is 41.5 Å². The number of ether oxygens (including phenoxy) is 2. The standard InChI is InChI=1S/C16H32N2O7S/c1-15(2,3)24-13(19)17-10-7-8-12(9-11-26(21,22)23)18-14(20)25-16(4,5)6/h12H,7-11H2,1-6H3,(H,17,19)(H,18,20)(H,21,22,23)/p-1/t12-/m0/s1. The van der Waals surface area contributed by atoms with Crippen LogP contribution in [0.2, 0.25) is 0 Å². The summed E-state index contributed by atoms with van der Waals surface area (Å²) < 4.78 is 42.7. The van der Waals surface area contributed by atoms with Crippen molar-refractivity contribution < 1.29 is 32.0 Å². The number of rotatable bonds is 8. The highest BCUT2D eigenvalue weighted by atomic mass is 32.2. The minimum absolute atomic E-state index is 0.0302. The summed E-state index contributed by atoms with van der Waals surface area (Å²) in [6.07, 6.45) is -0.456. The maximum atomic E-state index is 11.8. The Labute approximate surface area is 155 Å². The Bertz CT molecular complexity index is 562. The maximum Gasteiger partial charge on any atom is 0.407 e. The van der Waals surface area contributed by atoms with E-state index >= 15 is 0 Å². The van der Waals surface area contributed by atoms with Gasteiger partial charge in [-0.15, -0.1) is 0 Å². The van der Waals surface area contributed by atoms with Gasteiger partial charge in [0, 0.05) is 18.3 Å². The minimum atomic E-state index is -4.39. The molecule has 0 aromatic rings. The SMILES string of the molecule is CC(C)(C)OC(=O)NCCC[C@@H](CCS(=O)(=O)[O-])NC(=O)OC(C)(C)C. The highest BCUT2D eigenvalue weighted by molar-refractivity contribution is 7.85. The van der Waals surface area contributed by atoms with E-state index in [0.717, 1.165) is 0 Å². The fourth-order valence-electron chi connectivity index (χ4n) is 1.90. The summed E-state index contributed by atoms with van der Waals surface area (Å²) in [7, 11) is -4.39. The summed E-state index contributed by atoms with van der Waals surface area (Å²) in [5.74, 6) is -0.590. The molecule has 0 fully saturated rings. The molecule has 0 spiro atoms. The minimum Gasteiger partial charge on any atom is -0.748 e. The van der Waals surface area contributed by atoms with E-state index < -0.39 is 45.3 Å². The fraction of sp³-hybridized carbons (Fsp3) is 0.875. The first-order chi connectivity index (χ1) is 11.6. The smallest absolute Gasteiger partial charge is 0.407 e. The van der Waals surface area contributed by atoms with Crippen LogP contribution < -0.4 is 10.6 Å². The third-order valence-electron chi connectivity index (χ3n) is 2.83. The van der Waals surface area contributed by atoms with Crippen LogP contribution in [-0.4, -0.2) is 54.7 Å². The maximum absolute atomic E-state index is 11.8. The first kappa shape index (κ1) is 24.5. The van der Waals surface area contributed by atoms with Crippen LogP contribution in [0.1, 0.15) is 60.8 Å². The van der Waals surface area contributed by atoms with Crippen molar-refractivity contribution >= 4 is 22.3 Å². The van der Waals surface area contributed by atoms with E-state index in [0.29, 0.717) is 12.8 Å². The zero-order valence-corrected chi connectivity index (χ0v) is 17.2. The van der Waals surface area contributed by atoms with Crippen molar-refractivity contribution in [2.24, 2.45) is 0 Å². The zero-order valence-electron chi connectivity index (χ0n) is 16.4. The lowest BCUT2D eigenvalue weighted by molar-refractivity contribution is 0.0487. The van der Waals surface area contributed by atoms with E-state index in [-0.39, 0.29) is 13.0 Å². The van der Waals surface area contributed by atoms with Gasteiger partial charge in [-0.25, -0.2) is 18.0 Å². The first-order valence-corrected chi connectivity index (χ1v) is 10.0. The predicted octanol–water partition coefficient (Wildman–Crippen LogP) is 2.12. The van der Waals surface area contributed by atoms with Crippen LogP contribution in [0.3, 0.4) is 0 Å². The summed E-state index contributed by atoms with van der Waals surface area (Å²) in [5.41, 5.74) is -1.30. The van der Waals surface area contributed by atoms with Gasteiger partial charge in [0.05, 0.1) is 10.1 Å². The Balaban J connectivity index is 4.48. The second kappa shape index (κ2) is 9.96. The molecule has 0 unspecified atom stereocenters. The van der Waals surface area contributed by atoms with Gasteiger partial charge in [0.25, 0.3) is 0 Å². The molecule has 0 heterocycles. The Hall–Kier alpha value is -1.55. The second-order valence-electron chi connectivity index (χ2n) is 7.96. The zero-order chi connectivity index (χ0) is 20.6. The van der Waals surface area contributed by atoms with E-state index in [9.17, 15) is 22.6 Å². The molecule has 0 rings (SSSR count). The lowest BCUT2D eigenvalue weighted by atomic mass is 10.1. The van der Waals surface area contributed by atoms with Gasteiger partial charge < -0.3 is 24.7 Å². The van der Waals surface area contributed by atoms with Crippen molar-refractivity contribution in [1.82, 2.24) is 10.6 Å². The van der Waals surface area contributed by atoms with Crippen LogP contribution in [0.4, 0.5) is 9.59 Å². The molecular weight excluding hydrogens is 364 g/mol. The highest BCUT2D eigenvalue weighted by Gasteiger charge is 2.20. The Kier molecular flexibility index (Phi) is 9.36. The van der Waals surface area contributed by atoms with E-state index in [2.05, 4.69) is 10.6 Å². The summed E-state index contributed by atoms with van der Waals surface area (Å²) in [4.78, 5) is 23.4. The van der Waals surface area contributed by atoms with E-state index in [1.165, 1.54) is 0 Å². The molecule has 0 aliphatic carbocycles. The number of hydrogen-bond donors (Lipinski definition) is 2. The number of carbonyl (C=O) groups is 2. The molecule has 0 radical (unpaired) electrons. The summed E-state index contributed by atoms with van der Waals surface area (Å²) >= 11 is 0. The van der Waals surface area contributed by atoms with Gasteiger partial charge in [0.1, 0.15) is 11.2 Å². The largest absolute Gasteiger partial charge is 0.748 e. The van der Waals surface area contributed by atoms with Gasteiger partial charge in [-0.2, -0.15) is 0 Å². The molecule has 154 valence electrons. The molecule has 0 aliphatic heterocycles. The van der Waals surface area contributed by atoms with Crippen LogP contribution >= 0.6 is 0 Å². The molecule has 0 aromatic heterocycles. The number of carbonyl (C=O) groups excluding carboxylic acids is 2. The topological polar surface area (TPSA) is 134 Å². The summed E-state index contributed by atoms with van der Waals surface area (Å²) in [6.45, 7) is 10.6. The number of amides is 2. The molecule has 26 heavy (non-hydrogen) atoms. The molecule has 0 aromatic carbocycles. The molecular formula is C16H31N2O7S-. The first-order valence-electron chi connectivity index (χ1n) is 8.47.